The van der Waals surface area contributed by atoms with Crippen LogP contribution in [0.3, 0.4) is 0 Å². The first kappa shape index (κ1) is 13.6. The highest BCUT2D eigenvalue weighted by molar-refractivity contribution is 9.10. The first-order valence-corrected chi connectivity index (χ1v) is 6.40. The summed E-state index contributed by atoms with van der Waals surface area (Å²) in [6.45, 7) is 1.28. The molecule has 0 aliphatic heterocycles. The molecule has 0 aliphatic rings. The summed E-state index contributed by atoms with van der Waals surface area (Å²) < 4.78 is 14.0. The van der Waals surface area contributed by atoms with Gasteiger partial charge in [-0.15, -0.1) is 0 Å². The molecule has 0 aliphatic carbocycles. The second-order valence-corrected chi connectivity index (χ2v) is 4.83. The third-order valence-corrected chi connectivity index (χ3v) is 3.52. The molecule has 0 heterocycles. The van der Waals surface area contributed by atoms with Crippen LogP contribution in [-0.2, 0) is 0 Å². The van der Waals surface area contributed by atoms with Crippen LogP contribution in [0.2, 0.25) is 0 Å². The molecule has 0 unspecified atom stereocenters. The van der Waals surface area contributed by atoms with E-state index in [1.54, 1.807) is 30.3 Å². The second kappa shape index (κ2) is 5.45. The molecule has 2 aromatic carbocycles. The van der Waals surface area contributed by atoms with E-state index in [9.17, 15) is 14.0 Å². The fourth-order valence-corrected chi connectivity index (χ4v) is 2.27. The maximum absolute atomic E-state index is 14.0. The maximum Gasteiger partial charge on any atom is 0.194 e. The van der Waals surface area contributed by atoms with E-state index in [1.165, 1.54) is 19.1 Å². The standard InChI is InChI=1S/C15H10BrFO2/c1-9(18)11-7-8-12(13(16)14(11)17)15(19)10-5-3-2-4-6-10/h2-8H,1H3. The van der Waals surface area contributed by atoms with Crippen LogP contribution in [0.4, 0.5) is 4.39 Å². The van der Waals surface area contributed by atoms with Crippen LogP contribution in [0.5, 0.6) is 0 Å². The summed E-state index contributed by atoms with van der Waals surface area (Å²) in [5.74, 6) is -1.37. The van der Waals surface area contributed by atoms with E-state index in [2.05, 4.69) is 15.9 Å². The first-order chi connectivity index (χ1) is 9.02. The highest BCUT2D eigenvalue weighted by atomic mass is 79.9. The molecule has 0 radical (unpaired) electrons. The van der Waals surface area contributed by atoms with Gasteiger partial charge < -0.3 is 0 Å². The Balaban J connectivity index is 2.51. The smallest absolute Gasteiger partial charge is 0.194 e. The predicted molar refractivity (Wildman–Crippen MR) is 74.0 cm³/mol. The Morgan fingerprint density at radius 3 is 2.16 bits per heavy atom. The van der Waals surface area contributed by atoms with Crippen molar-refractivity contribution in [1.82, 2.24) is 0 Å². The van der Waals surface area contributed by atoms with Crippen LogP contribution >= 0.6 is 15.9 Å². The average molecular weight is 321 g/mol. The molecule has 96 valence electrons. The molecular formula is C15H10BrFO2. The summed E-state index contributed by atoms with van der Waals surface area (Å²) in [6, 6.07) is 11.4. The lowest BCUT2D eigenvalue weighted by Crippen LogP contribution is -2.06. The normalized spacial score (nSPS) is 10.3. The molecule has 19 heavy (non-hydrogen) atoms. The summed E-state index contributed by atoms with van der Waals surface area (Å²) in [7, 11) is 0. The van der Waals surface area contributed by atoms with E-state index in [0.29, 0.717) is 5.56 Å². The maximum atomic E-state index is 14.0. The van der Waals surface area contributed by atoms with Crippen molar-refractivity contribution >= 4 is 27.5 Å². The van der Waals surface area contributed by atoms with E-state index in [-0.39, 0.29) is 27.2 Å². The minimum absolute atomic E-state index is 0.0223. The van der Waals surface area contributed by atoms with Gasteiger partial charge in [0.25, 0.3) is 0 Å². The van der Waals surface area contributed by atoms with Crippen LogP contribution < -0.4 is 0 Å². The zero-order valence-electron chi connectivity index (χ0n) is 10.1. The Morgan fingerprint density at radius 1 is 1.00 bits per heavy atom. The Kier molecular flexibility index (Phi) is 3.90. The monoisotopic (exact) mass is 320 g/mol. The number of halogens is 2. The van der Waals surface area contributed by atoms with E-state index in [4.69, 9.17) is 0 Å². The van der Waals surface area contributed by atoms with Crippen LogP contribution in [0.1, 0.15) is 33.2 Å². The van der Waals surface area contributed by atoms with Gasteiger partial charge in [0, 0.05) is 11.1 Å². The highest BCUT2D eigenvalue weighted by Crippen LogP contribution is 2.26. The van der Waals surface area contributed by atoms with Crippen LogP contribution in [0.25, 0.3) is 0 Å². The summed E-state index contributed by atoms with van der Waals surface area (Å²) in [6.07, 6.45) is 0. The Hall–Kier alpha value is -1.81. The summed E-state index contributed by atoms with van der Waals surface area (Å²) in [5.41, 5.74) is 0.642. The Morgan fingerprint density at radius 2 is 1.58 bits per heavy atom. The van der Waals surface area contributed by atoms with Crippen molar-refractivity contribution in [2.75, 3.05) is 0 Å². The number of rotatable bonds is 3. The molecule has 0 saturated heterocycles. The van der Waals surface area contributed by atoms with E-state index in [1.807, 2.05) is 0 Å². The first-order valence-electron chi connectivity index (χ1n) is 5.61. The molecule has 0 N–H and O–H groups in total. The minimum atomic E-state index is -0.700. The van der Waals surface area contributed by atoms with Gasteiger partial charge in [-0.05, 0) is 35.0 Å². The van der Waals surface area contributed by atoms with Gasteiger partial charge in [0.2, 0.25) is 0 Å². The van der Waals surface area contributed by atoms with E-state index >= 15 is 0 Å². The summed E-state index contributed by atoms with van der Waals surface area (Å²) in [5, 5.41) is 0. The molecule has 0 bridgehead atoms. The second-order valence-electron chi connectivity index (χ2n) is 4.04. The molecule has 0 amide bonds. The average Bonchev–Trinajstić information content (AvgIpc) is 2.41. The van der Waals surface area contributed by atoms with Gasteiger partial charge in [0.15, 0.2) is 11.6 Å². The van der Waals surface area contributed by atoms with Crippen LogP contribution in [-0.4, -0.2) is 11.6 Å². The molecular weight excluding hydrogens is 311 g/mol. The van der Waals surface area contributed by atoms with Crippen molar-refractivity contribution in [2.24, 2.45) is 0 Å². The van der Waals surface area contributed by atoms with Gasteiger partial charge in [-0.3, -0.25) is 9.59 Å². The van der Waals surface area contributed by atoms with E-state index in [0.717, 1.165) is 0 Å². The van der Waals surface area contributed by atoms with Crippen molar-refractivity contribution < 1.29 is 14.0 Å². The van der Waals surface area contributed by atoms with Crippen molar-refractivity contribution in [3.63, 3.8) is 0 Å². The topological polar surface area (TPSA) is 34.1 Å². The van der Waals surface area contributed by atoms with Gasteiger partial charge in [-0.1, -0.05) is 30.3 Å². The van der Waals surface area contributed by atoms with Crippen molar-refractivity contribution in [2.45, 2.75) is 6.92 Å². The number of hydrogen-bond donors (Lipinski definition) is 0. The third kappa shape index (κ3) is 2.63. The largest absolute Gasteiger partial charge is 0.294 e. The summed E-state index contributed by atoms with van der Waals surface area (Å²) in [4.78, 5) is 23.4. The Bertz CT molecular complexity index is 651. The fourth-order valence-electron chi connectivity index (χ4n) is 1.74. The van der Waals surface area contributed by atoms with E-state index < -0.39 is 5.82 Å². The molecule has 4 heteroatoms. The third-order valence-electron chi connectivity index (χ3n) is 2.74. The highest BCUT2D eigenvalue weighted by Gasteiger charge is 2.19. The van der Waals surface area contributed by atoms with Crippen molar-refractivity contribution in [3.05, 3.63) is 69.4 Å². The Labute approximate surface area is 118 Å². The van der Waals surface area contributed by atoms with Crippen molar-refractivity contribution in [3.8, 4) is 0 Å². The molecule has 0 saturated carbocycles. The zero-order valence-corrected chi connectivity index (χ0v) is 11.7. The molecule has 0 fully saturated rings. The molecule has 0 spiro atoms. The fraction of sp³-hybridized carbons (Fsp3) is 0.0667. The lowest BCUT2D eigenvalue weighted by Gasteiger charge is -2.07. The van der Waals surface area contributed by atoms with Crippen molar-refractivity contribution in [1.29, 1.82) is 0 Å². The number of hydrogen-bond acceptors (Lipinski definition) is 2. The van der Waals surface area contributed by atoms with Gasteiger partial charge >= 0.3 is 0 Å². The van der Waals surface area contributed by atoms with Gasteiger partial charge in [-0.25, -0.2) is 4.39 Å². The SMILES string of the molecule is CC(=O)c1ccc(C(=O)c2ccccc2)c(Br)c1F. The minimum Gasteiger partial charge on any atom is -0.294 e. The summed E-state index contributed by atoms with van der Waals surface area (Å²) >= 11 is 3.05. The number of Topliss-reactive ketones (excluding diaryl/α,β-unsaturated/α-hetero) is 1. The van der Waals surface area contributed by atoms with Crippen LogP contribution in [0, 0.1) is 5.82 Å². The molecule has 2 nitrogen and oxygen atoms in total. The number of carbonyl (C=O) groups is 2. The number of benzene rings is 2. The quantitative estimate of drug-likeness (QED) is 0.800. The molecule has 2 rings (SSSR count). The lowest BCUT2D eigenvalue weighted by atomic mass is 10.0. The van der Waals surface area contributed by atoms with Gasteiger partial charge in [0.1, 0.15) is 5.82 Å². The van der Waals surface area contributed by atoms with Gasteiger partial charge in [-0.2, -0.15) is 0 Å². The molecule has 0 atom stereocenters. The predicted octanol–water partition coefficient (Wildman–Crippen LogP) is 4.02. The zero-order chi connectivity index (χ0) is 14.0. The number of ketones is 2. The number of carbonyl (C=O) groups excluding carboxylic acids is 2. The van der Waals surface area contributed by atoms with Gasteiger partial charge in [0.05, 0.1) is 10.0 Å². The lowest BCUT2D eigenvalue weighted by molar-refractivity contribution is 0.100. The van der Waals surface area contributed by atoms with Crippen LogP contribution in [0.15, 0.2) is 46.9 Å². The molecule has 2 aromatic rings. The molecule has 0 aromatic heterocycles.